The van der Waals surface area contributed by atoms with E-state index in [0.29, 0.717) is 0 Å². The molecular weight excluding hydrogens is 153 g/mol. The zero-order chi connectivity index (χ0) is 8.43. The maximum absolute atomic E-state index is 12.7. The molecule has 5 heteroatoms. The molecule has 1 saturated heterocycles. The van der Waals surface area contributed by atoms with Crippen LogP contribution in [0.1, 0.15) is 0 Å². The van der Waals surface area contributed by atoms with Crippen molar-refractivity contribution in [2.75, 3.05) is 13.7 Å². The zero-order valence-corrected chi connectivity index (χ0v) is 6.08. The second-order valence-corrected chi connectivity index (χ2v) is 2.44. The van der Waals surface area contributed by atoms with E-state index in [4.69, 9.17) is 5.11 Å². The number of rotatable bonds is 2. The summed E-state index contributed by atoms with van der Waals surface area (Å²) in [7, 11) is 1.31. The van der Waals surface area contributed by atoms with Crippen molar-refractivity contribution in [3.05, 3.63) is 0 Å². The van der Waals surface area contributed by atoms with Crippen LogP contribution in [0.5, 0.6) is 0 Å². The maximum atomic E-state index is 12.7. The molecule has 64 valence electrons. The van der Waals surface area contributed by atoms with E-state index in [1.165, 1.54) is 7.11 Å². The minimum absolute atomic E-state index is 0.0511. The monoisotopic (exact) mass is 163 g/mol. The molecule has 1 aliphatic rings. The summed E-state index contributed by atoms with van der Waals surface area (Å²) < 4.78 is 17.4. The Hall–Kier alpha value is -0.680. The predicted molar refractivity (Wildman–Crippen MR) is 35.1 cm³/mol. The van der Waals surface area contributed by atoms with Crippen LogP contribution < -0.4 is 5.32 Å². The van der Waals surface area contributed by atoms with Crippen molar-refractivity contribution in [1.29, 1.82) is 0 Å². The molecule has 0 aliphatic carbocycles. The van der Waals surface area contributed by atoms with Gasteiger partial charge in [-0.3, -0.25) is 10.1 Å². The van der Waals surface area contributed by atoms with Gasteiger partial charge in [0.15, 0.2) is 0 Å². The van der Waals surface area contributed by atoms with Crippen molar-refractivity contribution < 1.29 is 19.0 Å². The Labute approximate surface area is 63.3 Å². The minimum Gasteiger partial charge on any atom is -0.480 e. The first-order valence-corrected chi connectivity index (χ1v) is 3.30. The average molecular weight is 163 g/mol. The fraction of sp³-hybridized carbons (Fsp3) is 0.833. The molecule has 1 heterocycles. The number of carbonyl (C=O) groups is 1. The molecule has 2 N–H and O–H groups in total. The standard InChI is InChI=1S/C6H10FNO3/c1-11-5-3(7)2-8-4(5)6(9)10/h3-5,8H,2H2,1H3,(H,9,10). The van der Waals surface area contributed by atoms with Crippen LogP contribution in [0.3, 0.4) is 0 Å². The number of nitrogens with one attached hydrogen (secondary N) is 1. The van der Waals surface area contributed by atoms with Gasteiger partial charge < -0.3 is 9.84 Å². The lowest BCUT2D eigenvalue weighted by Crippen LogP contribution is -2.40. The van der Waals surface area contributed by atoms with Gasteiger partial charge >= 0.3 is 5.97 Å². The first-order chi connectivity index (χ1) is 5.16. The van der Waals surface area contributed by atoms with Crippen molar-refractivity contribution in [3.63, 3.8) is 0 Å². The zero-order valence-electron chi connectivity index (χ0n) is 6.08. The van der Waals surface area contributed by atoms with E-state index in [1.807, 2.05) is 0 Å². The summed E-state index contributed by atoms with van der Waals surface area (Å²) in [5.41, 5.74) is 0. The fourth-order valence-electron chi connectivity index (χ4n) is 1.19. The number of halogens is 1. The highest BCUT2D eigenvalue weighted by atomic mass is 19.1. The van der Waals surface area contributed by atoms with Crippen LogP contribution in [0, 0.1) is 0 Å². The normalized spacial score (nSPS) is 37.5. The first-order valence-electron chi connectivity index (χ1n) is 3.30. The average Bonchev–Trinajstić information content (AvgIpc) is 2.30. The SMILES string of the molecule is COC1C(F)CNC1C(=O)O. The van der Waals surface area contributed by atoms with Crippen LogP contribution in [0.4, 0.5) is 4.39 Å². The van der Waals surface area contributed by atoms with Crippen molar-refractivity contribution in [2.45, 2.75) is 18.3 Å². The molecule has 0 aromatic heterocycles. The molecule has 1 rings (SSSR count). The highest BCUT2D eigenvalue weighted by Gasteiger charge is 2.40. The number of carboxylic acid groups (broad SMARTS) is 1. The summed E-state index contributed by atoms with van der Waals surface area (Å²) in [6.07, 6.45) is -2.08. The topological polar surface area (TPSA) is 58.6 Å². The minimum atomic E-state index is -1.22. The summed E-state index contributed by atoms with van der Waals surface area (Å²) in [6.45, 7) is 0.0511. The molecule has 3 unspecified atom stereocenters. The van der Waals surface area contributed by atoms with E-state index >= 15 is 0 Å². The molecule has 0 amide bonds. The first kappa shape index (κ1) is 8.42. The van der Waals surface area contributed by atoms with Crippen LogP contribution in [0.2, 0.25) is 0 Å². The molecule has 0 spiro atoms. The molecule has 0 radical (unpaired) electrons. The Balaban J connectivity index is 2.61. The number of carboxylic acids is 1. The molecule has 3 atom stereocenters. The number of hydrogen-bond acceptors (Lipinski definition) is 3. The maximum Gasteiger partial charge on any atom is 0.323 e. The highest BCUT2D eigenvalue weighted by Crippen LogP contribution is 2.14. The number of ether oxygens (including phenoxy) is 1. The van der Waals surface area contributed by atoms with Gasteiger partial charge in [-0.25, -0.2) is 4.39 Å². The molecule has 1 aliphatic heterocycles. The Morgan fingerprint density at radius 2 is 2.45 bits per heavy atom. The summed E-state index contributed by atoms with van der Waals surface area (Å²) in [5, 5.41) is 11.0. The second kappa shape index (κ2) is 3.15. The van der Waals surface area contributed by atoms with Gasteiger partial charge in [-0.05, 0) is 0 Å². The fourth-order valence-corrected chi connectivity index (χ4v) is 1.19. The third-order valence-electron chi connectivity index (χ3n) is 1.76. The van der Waals surface area contributed by atoms with Crippen LogP contribution in [-0.2, 0) is 9.53 Å². The Morgan fingerprint density at radius 1 is 1.82 bits per heavy atom. The van der Waals surface area contributed by atoms with E-state index in [-0.39, 0.29) is 6.54 Å². The van der Waals surface area contributed by atoms with Gasteiger partial charge in [-0.1, -0.05) is 0 Å². The number of alkyl halides is 1. The second-order valence-electron chi connectivity index (χ2n) is 2.44. The van der Waals surface area contributed by atoms with E-state index in [1.54, 1.807) is 0 Å². The van der Waals surface area contributed by atoms with Gasteiger partial charge in [0.1, 0.15) is 18.3 Å². The summed E-state index contributed by atoms with van der Waals surface area (Å²) >= 11 is 0. The van der Waals surface area contributed by atoms with Gasteiger partial charge in [0.2, 0.25) is 0 Å². The third-order valence-corrected chi connectivity index (χ3v) is 1.76. The molecule has 0 aromatic carbocycles. The lowest BCUT2D eigenvalue weighted by atomic mass is 10.1. The Kier molecular flexibility index (Phi) is 2.41. The van der Waals surface area contributed by atoms with Crippen LogP contribution in [-0.4, -0.2) is 43.0 Å². The van der Waals surface area contributed by atoms with Gasteiger partial charge in [0.25, 0.3) is 0 Å². The van der Waals surface area contributed by atoms with Gasteiger partial charge in [-0.2, -0.15) is 0 Å². The van der Waals surface area contributed by atoms with E-state index in [0.717, 1.165) is 0 Å². The van der Waals surface area contributed by atoms with Crippen LogP contribution in [0.25, 0.3) is 0 Å². The van der Waals surface area contributed by atoms with E-state index in [2.05, 4.69) is 10.1 Å². The molecule has 0 saturated carbocycles. The molecule has 0 bridgehead atoms. The lowest BCUT2D eigenvalue weighted by molar-refractivity contribution is -0.142. The highest BCUT2D eigenvalue weighted by molar-refractivity contribution is 5.75. The van der Waals surface area contributed by atoms with E-state index < -0.39 is 24.3 Å². The smallest absolute Gasteiger partial charge is 0.323 e. The van der Waals surface area contributed by atoms with Crippen molar-refractivity contribution >= 4 is 5.97 Å². The van der Waals surface area contributed by atoms with Crippen LogP contribution >= 0.6 is 0 Å². The molecule has 11 heavy (non-hydrogen) atoms. The molecular formula is C6H10FNO3. The quantitative estimate of drug-likeness (QED) is 0.570. The lowest BCUT2D eigenvalue weighted by Gasteiger charge is -2.14. The molecule has 4 nitrogen and oxygen atoms in total. The van der Waals surface area contributed by atoms with Crippen molar-refractivity contribution in [3.8, 4) is 0 Å². The Morgan fingerprint density at radius 3 is 2.82 bits per heavy atom. The summed E-state index contributed by atoms with van der Waals surface area (Å²) in [5.74, 6) is -1.07. The van der Waals surface area contributed by atoms with Gasteiger partial charge in [0.05, 0.1) is 0 Å². The number of methoxy groups -OCH3 is 1. The predicted octanol–water partition coefficient (Wildman–Crippen LogP) is -0.604. The number of hydrogen-bond donors (Lipinski definition) is 2. The Bertz CT molecular complexity index is 164. The van der Waals surface area contributed by atoms with Crippen molar-refractivity contribution in [1.82, 2.24) is 5.32 Å². The summed E-state index contributed by atoms with van der Waals surface area (Å²) in [4.78, 5) is 10.4. The summed E-state index contributed by atoms with van der Waals surface area (Å²) in [6, 6.07) is -0.907. The third kappa shape index (κ3) is 1.49. The molecule has 1 fully saturated rings. The van der Waals surface area contributed by atoms with Gasteiger partial charge in [-0.15, -0.1) is 0 Å². The van der Waals surface area contributed by atoms with Crippen LogP contribution in [0.15, 0.2) is 0 Å². The van der Waals surface area contributed by atoms with Gasteiger partial charge in [0, 0.05) is 13.7 Å². The number of aliphatic carboxylic acids is 1. The molecule has 0 aromatic rings. The van der Waals surface area contributed by atoms with Crippen molar-refractivity contribution in [2.24, 2.45) is 0 Å². The van der Waals surface area contributed by atoms with E-state index in [9.17, 15) is 9.18 Å². The largest absolute Gasteiger partial charge is 0.480 e.